The van der Waals surface area contributed by atoms with E-state index in [0.29, 0.717) is 5.92 Å². The normalized spacial score (nSPS) is 13.6. The van der Waals surface area contributed by atoms with Crippen molar-refractivity contribution in [2.24, 2.45) is 4.99 Å². The molecule has 4 heteroatoms. The lowest BCUT2D eigenvalue weighted by Crippen LogP contribution is -2.14. The highest BCUT2D eigenvalue weighted by Crippen LogP contribution is 2.33. The number of hydrogen-bond donors (Lipinski definition) is 0. The Kier molecular flexibility index (Phi) is 2.06. The topological polar surface area (TPSA) is 41.4 Å². The summed E-state index contributed by atoms with van der Waals surface area (Å²) < 4.78 is 0. The van der Waals surface area contributed by atoms with Crippen LogP contribution in [-0.4, -0.2) is 22.9 Å². The van der Waals surface area contributed by atoms with Gasteiger partial charge < -0.3 is 4.90 Å². The molecule has 0 fully saturated rings. The molecule has 2 rings (SSSR count). The Morgan fingerprint density at radius 2 is 2.14 bits per heavy atom. The molecule has 1 aliphatic rings. The fraction of sp³-hybridized carbons (Fsp3) is 0.400. The number of fused-ring (bicyclic) bond motifs is 1. The number of hydrogen-bond acceptors (Lipinski definition) is 4. The molecule has 0 saturated carbocycles. The molecule has 0 aromatic carbocycles. The van der Waals surface area contributed by atoms with E-state index in [0.717, 1.165) is 17.2 Å². The van der Waals surface area contributed by atoms with Crippen molar-refractivity contribution in [3.63, 3.8) is 0 Å². The summed E-state index contributed by atoms with van der Waals surface area (Å²) in [5.41, 5.74) is 1.81. The van der Waals surface area contributed by atoms with Crippen LogP contribution in [0.5, 0.6) is 0 Å². The largest absolute Gasteiger partial charge is 0.326 e. The number of anilines is 1. The first kappa shape index (κ1) is 8.91. The predicted molar refractivity (Wildman–Crippen MR) is 56.2 cm³/mol. The van der Waals surface area contributed by atoms with Crippen molar-refractivity contribution < 1.29 is 0 Å². The molecule has 0 saturated heterocycles. The molecule has 1 aromatic rings. The van der Waals surface area contributed by atoms with E-state index >= 15 is 0 Å². The van der Waals surface area contributed by atoms with Gasteiger partial charge in [-0.3, -0.25) is 0 Å². The summed E-state index contributed by atoms with van der Waals surface area (Å²) in [5.74, 6) is 4.03. The summed E-state index contributed by atoms with van der Waals surface area (Å²) in [4.78, 5) is 14.5. The molecule has 0 aliphatic carbocycles. The van der Waals surface area contributed by atoms with Crippen LogP contribution >= 0.6 is 0 Å². The fourth-order valence-corrected chi connectivity index (χ4v) is 1.41. The van der Waals surface area contributed by atoms with Crippen LogP contribution in [0.3, 0.4) is 0 Å². The number of nitrogens with zero attached hydrogens (tertiary/aromatic N) is 4. The van der Waals surface area contributed by atoms with Crippen LogP contribution in [0.25, 0.3) is 0 Å². The third-order valence-corrected chi connectivity index (χ3v) is 2.14. The lowest BCUT2D eigenvalue weighted by molar-refractivity contribution is 0.812. The van der Waals surface area contributed by atoms with Crippen molar-refractivity contribution in [2.75, 3.05) is 11.9 Å². The molecule has 0 N–H and O–H groups in total. The molecular weight excluding hydrogens is 176 g/mol. The number of aliphatic imine (C=N–C) groups is 1. The Bertz CT molecular complexity index is 416. The highest BCUT2D eigenvalue weighted by molar-refractivity contribution is 5.77. The first-order valence-corrected chi connectivity index (χ1v) is 4.57. The Morgan fingerprint density at radius 1 is 1.36 bits per heavy atom. The Hall–Kier alpha value is -1.67. The molecule has 0 bridgehead atoms. The minimum absolute atomic E-state index is 0.351. The molecule has 0 atom stereocenters. The third-order valence-electron chi connectivity index (χ3n) is 2.14. The highest BCUT2D eigenvalue weighted by Gasteiger charge is 2.16. The van der Waals surface area contributed by atoms with Crippen LogP contribution in [0.4, 0.5) is 11.5 Å². The van der Waals surface area contributed by atoms with Crippen molar-refractivity contribution in [2.45, 2.75) is 19.8 Å². The molecule has 1 aromatic heterocycles. The maximum atomic E-state index is 4.24. The Balaban J connectivity index is 2.63. The maximum absolute atomic E-state index is 4.24. The molecule has 0 radical (unpaired) electrons. The average molecular weight is 188 g/mol. The highest BCUT2D eigenvalue weighted by atomic mass is 15.2. The summed E-state index contributed by atoms with van der Waals surface area (Å²) >= 11 is 0. The van der Waals surface area contributed by atoms with E-state index in [2.05, 4.69) is 34.7 Å². The van der Waals surface area contributed by atoms with Gasteiger partial charge in [0.25, 0.3) is 0 Å². The molecule has 1 aliphatic heterocycles. The van der Waals surface area contributed by atoms with Gasteiger partial charge in [-0.15, -0.1) is 0 Å². The Morgan fingerprint density at radius 3 is 2.86 bits per heavy atom. The van der Waals surface area contributed by atoms with Gasteiger partial charge in [0, 0.05) is 12.9 Å². The molecule has 0 amide bonds. The van der Waals surface area contributed by atoms with E-state index in [-0.39, 0.29) is 0 Å². The van der Waals surface area contributed by atoms with Gasteiger partial charge in [0.05, 0.1) is 11.9 Å². The summed E-state index contributed by atoms with van der Waals surface area (Å²) in [6, 6.07) is 0. The van der Waals surface area contributed by atoms with E-state index in [1.807, 2.05) is 11.9 Å². The second-order valence-corrected chi connectivity index (χ2v) is 3.57. The standard InChI is InChI=1S/C10H12N4/c1-7(2)8-9-10(13-6-12-8)14(3)5-4-11-9/h5-7H,1-3H3. The zero-order valence-electron chi connectivity index (χ0n) is 8.52. The van der Waals surface area contributed by atoms with E-state index in [4.69, 9.17) is 0 Å². The van der Waals surface area contributed by atoms with Crippen LogP contribution in [-0.2, 0) is 0 Å². The molecule has 2 heterocycles. The number of rotatable bonds is 1. The summed E-state index contributed by atoms with van der Waals surface area (Å²) in [5, 5.41) is 0. The SMILES string of the molecule is CC(C)c1ncnc2c1N=C=CN2C. The van der Waals surface area contributed by atoms with Gasteiger partial charge in [0.15, 0.2) is 5.82 Å². The third kappa shape index (κ3) is 1.30. The molecule has 72 valence electrons. The second kappa shape index (κ2) is 3.24. The summed E-state index contributed by atoms with van der Waals surface area (Å²) in [6.07, 6.45) is 3.35. The minimum Gasteiger partial charge on any atom is -0.326 e. The van der Waals surface area contributed by atoms with Crippen LogP contribution in [0.1, 0.15) is 25.5 Å². The molecule has 4 nitrogen and oxygen atoms in total. The smallest absolute Gasteiger partial charge is 0.163 e. The minimum atomic E-state index is 0.351. The van der Waals surface area contributed by atoms with Gasteiger partial charge in [-0.1, -0.05) is 13.8 Å². The first-order valence-electron chi connectivity index (χ1n) is 4.57. The maximum Gasteiger partial charge on any atom is 0.163 e. The van der Waals surface area contributed by atoms with E-state index in [1.165, 1.54) is 0 Å². The van der Waals surface area contributed by atoms with Crippen molar-refractivity contribution in [3.8, 4) is 0 Å². The lowest BCUT2D eigenvalue weighted by atomic mass is 10.1. The van der Waals surface area contributed by atoms with E-state index < -0.39 is 0 Å². The molecule has 0 spiro atoms. The van der Waals surface area contributed by atoms with Gasteiger partial charge in [0.2, 0.25) is 0 Å². The van der Waals surface area contributed by atoms with Crippen molar-refractivity contribution in [3.05, 3.63) is 18.2 Å². The van der Waals surface area contributed by atoms with Gasteiger partial charge in [-0.25, -0.2) is 9.97 Å². The summed E-state index contributed by atoms with van der Waals surface area (Å²) in [7, 11) is 1.93. The van der Waals surface area contributed by atoms with Gasteiger partial charge in [0.1, 0.15) is 12.0 Å². The fourth-order valence-electron chi connectivity index (χ4n) is 1.41. The molecule has 14 heavy (non-hydrogen) atoms. The van der Waals surface area contributed by atoms with Crippen LogP contribution in [0.15, 0.2) is 17.5 Å². The van der Waals surface area contributed by atoms with Gasteiger partial charge in [-0.2, -0.15) is 4.99 Å². The first-order chi connectivity index (χ1) is 6.70. The van der Waals surface area contributed by atoms with Crippen LogP contribution < -0.4 is 4.90 Å². The van der Waals surface area contributed by atoms with E-state index in [1.54, 1.807) is 12.5 Å². The predicted octanol–water partition coefficient (Wildman–Crippen LogP) is 1.86. The average Bonchev–Trinajstić information content (AvgIpc) is 2.17. The van der Waals surface area contributed by atoms with Gasteiger partial charge in [-0.05, 0) is 5.92 Å². The number of aromatic nitrogens is 2. The molecular formula is C10H12N4. The monoisotopic (exact) mass is 188 g/mol. The van der Waals surface area contributed by atoms with Crippen molar-refractivity contribution in [1.82, 2.24) is 9.97 Å². The lowest BCUT2D eigenvalue weighted by Gasteiger charge is -2.18. The van der Waals surface area contributed by atoms with Crippen LogP contribution in [0.2, 0.25) is 0 Å². The zero-order chi connectivity index (χ0) is 10.1. The summed E-state index contributed by atoms with van der Waals surface area (Å²) in [6.45, 7) is 4.19. The van der Waals surface area contributed by atoms with E-state index in [9.17, 15) is 0 Å². The quantitative estimate of drug-likeness (QED) is 0.675. The second-order valence-electron chi connectivity index (χ2n) is 3.57. The zero-order valence-corrected chi connectivity index (χ0v) is 8.52. The Labute approximate surface area is 83.0 Å². The molecule has 0 unspecified atom stereocenters. The van der Waals surface area contributed by atoms with Gasteiger partial charge >= 0.3 is 0 Å². The van der Waals surface area contributed by atoms with Crippen molar-refractivity contribution >= 4 is 17.4 Å². The van der Waals surface area contributed by atoms with Crippen molar-refractivity contribution in [1.29, 1.82) is 0 Å². The van der Waals surface area contributed by atoms with Crippen LogP contribution in [0, 0.1) is 0 Å².